The van der Waals surface area contributed by atoms with E-state index >= 15 is 0 Å². The molecular formula is C20H22N2O2. The van der Waals surface area contributed by atoms with Crippen LogP contribution in [0.25, 0.3) is 0 Å². The van der Waals surface area contributed by atoms with Crippen molar-refractivity contribution in [3.8, 4) is 0 Å². The minimum absolute atomic E-state index is 0.267. The SMILES string of the molecule is CC(=O)C1CCC(COC2=CC=C=C(C=C3C=NN=C3)C=C2)CC1. The van der Waals surface area contributed by atoms with E-state index < -0.39 is 0 Å². The summed E-state index contributed by atoms with van der Waals surface area (Å²) < 4.78 is 5.95. The average molecular weight is 322 g/mol. The van der Waals surface area contributed by atoms with Gasteiger partial charge in [-0.1, -0.05) is 0 Å². The van der Waals surface area contributed by atoms with E-state index in [1.54, 1.807) is 19.4 Å². The van der Waals surface area contributed by atoms with Crippen molar-refractivity contribution in [3.05, 3.63) is 53.0 Å². The van der Waals surface area contributed by atoms with Gasteiger partial charge in [-0.15, -0.1) is 5.73 Å². The molecule has 0 radical (unpaired) electrons. The molecule has 4 nitrogen and oxygen atoms in total. The number of rotatable bonds is 5. The molecule has 24 heavy (non-hydrogen) atoms. The number of ether oxygens (including phenoxy) is 1. The summed E-state index contributed by atoms with van der Waals surface area (Å²) >= 11 is 0. The first kappa shape index (κ1) is 16.4. The Morgan fingerprint density at radius 2 is 2.00 bits per heavy atom. The minimum atomic E-state index is 0.267. The first-order valence-electron chi connectivity index (χ1n) is 8.47. The molecule has 2 aliphatic carbocycles. The van der Waals surface area contributed by atoms with Crippen molar-refractivity contribution in [3.63, 3.8) is 0 Å². The summed E-state index contributed by atoms with van der Waals surface area (Å²) in [5.74, 6) is 1.99. The number of nitrogens with zero attached hydrogens (tertiary/aromatic N) is 2. The van der Waals surface area contributed by atoms with Gasteiger partial charge in [0.15, 0.2) is 0 Å². The number of Topliss-reactive ketones (excluding diaryl/α,β-unsaturated/α-hetero) is 1. The molecule has 3 aliphatic rings. The molecule has 3 rings (SSSR count). The van der Waals surface area contributed by atoms with E-state index in [4.69, 9.17) is 4.74 Å². The maximum absolute atomic E-state index is 11.4. The van der Waals surface area contributed by atoms with E-state index in [1.807, 2.05) is 30.4 Å². The molecular weight excluding hydrogens is 300 g/mol. The van der Waals surface area contributed by atoms with Crippen LogP contribution in [0.5, 0.6) is 0 Å². The molecule has 1 fully saturated rings. The zero-order chi connectivity index (χ0) is 16.8. The molecule has 0 N–H and O–H groups in total. The Balaban J connectivity index is 1.48. The van der Waals surface area contributed by atoms with Crippen LogP contribution < -0.4 is 0 Å². The highest BCUT2D eigenvalue weighted by Crippen LogP contribution is 2.30. The van der Waals surface area contributed by atoms with Crippen molar-refractivity contribution in [2.45, 2.75) is 32.6 Å². The molecule has 1 heterocycles. The van der Waals surface area contributed by atoms with Gasteiger partial charge in [0.25, 0.3) is 0 Å². The molecule has 0 atom stereocenters. The van der Waals surface area contributed by atoms with Crippen molar-refractivity contribution < 1.29 is 9.53 Å². The van der Waals surface area contributed by atoms with E-state index in [2.05, 4.69) is 15.9 Å². The zero-order valence-electron chi connectivity index (χ0n) is 13.9. The van der Waals surface area contributed by atoms with Crippen LogP contribution in [0.3, 0.4) is 0 Å². The lowest BCUT2D eigenvalue weighted by atomic mass is 9.81. The first-order chi connectivity index (χ1) is 11.7. The highest BCUT2D eigenvalue weighted by molar-refractivity contribution is 6.07. The van der Waals surface area contributed by atoms with Crippen LogP contribution in [0, 0.1) is 11.8 Å². The van der Waals surface area contributed by atoms with E-state index in [0.717, 1.165) is 42.6 Å². The van der Waals surface area contributed by atoms with Crippen LogP contribution in [-0.4, -0.2) is 24.8 Å². The summed E-state index contributed by atoms with van der Waals surface area (Å²) in [6.07, 6.45) is 17.3. The van der Waals surface area contributed by atoms with Crippen LogP contribution >= 0.6 is 0 Å². The van der Waals surface area contributed by atoms with Gasteiger partial charge >= 0.3 is 0 Å². The smallest absolute Gasteiger partial charge is 0.132 e. The predicted octanol–water partition coefficient (Wildman–Crippen LogP) is 3.93. The summed E-state index contributed by atoms with van der Waals surface area (Å²) in [6.45, 7) is 2.42. The Morgan fingerprint density at radius 3 is 2.71 bits per heavy atom. The second kappa shape index (κ2) is 7.89. The molecule has 0 aromatic rings. The van der Waals surface area contributed by atoms with E-state index in [-0.39, 0.29) is 5.92 Å². The van der Waals surface area contributed by atoms with Gasteiger partial charge in [0.05, 0.1) is 19.0 Å². The molecule has 0 saturated heterocycles. The zero-order valence-corrected chi connectivity index (χ0v) is 13.9. The fraction of sp³-hybridized carbons (Fsp3) is 0.400. The molecule has 1 saturated carbocycles. The maximum Gasteiger partial charge on any atom is 0.132 e. The van der Waals surface area contributed by atoms with E-state index in [1.165, 1.54) is 0 Å². The van der Waals surface area contributed by atoms with Gasteiger partial charge in [-0.3, -0.25) is 4.79 Å². The van der Waals surface area contributed by atoms with Crippen LogP contribution in [0.2, 0.25) is 0 Å². The maximum atomic E-state index is 11.4. The van der Waals surface area contributed by atoms with Crippen molar-refractivity contribution in [2.75, 3.05) is 6.61 Å². The van der Waals surface area contributed by atoms with Gasteiger partial charge in [-0.2, -0.15) is 10.2 Å². The molecule has 0 unspecified atom stereocenters. The van der Waals surface area contributed by atoms with Gasteiger partial charge in [-0.05, 0) is 68.9 Å². The Morgan fingerprint density at radius 1 is 1.25 bits per heavy atom. The van der Waals surface area contributed by atoms with Crippen LogP contribution in [-0.2, 0) is 9.53 Å². The standard InChI is InChI=1S/C20H22N2O2/c1-15(23)19-8-5-17(6-9-19)14-24-20-4-2-3-16(7-10-20)11-18-12-21-22-13-18/h2,4,7,10-13,17,19H,5-6,8-9,14H2,1H3. The topological polar surface area (TPSA) is 51.0 Å². The molecule has 0 bridgehead atoms. The summed E-state index contributed by atoms with van der Waals surface area (Å²) in [7, 11) is 0. The molecule has 1 aliphatic heterocycles. The Labute approximate surface area is 142 Å². The third-order valence-corrected chi connectivity index (χ3v) is 4.63. The van der Waals surface area contributed by atoms with Crippen molar-refractivity contribution in [1.29, 1.82) is 0 Å². The Bertz CT molecular complexity index is 694. The molecule has 0 aromatic heterocycles. The lowest BCUT2D eigenvalue weighted by Crippen LogP contribution is -2.22. The molecule has 0 spiro atoms. The average Bonchev–Trinajstić information content (AvgIpc) is 2.99. The largest absolute Gasteiger partial charge is 0.493 e. The van der Waals surface area contributed by atoms with Crippen LogP contribution in [0.15, 0.2) is 63.2 Å². The van der Waals surface area contributed by atoms with Gasteiger partial charge in [0, 0.05) is 17.1 Å². The van der Waals surface area contributed by atoms with Gasteiger partial charge in [-0.25, -0.2) is 0 Å². The van der Waals surface area contributed by atoms with Crippen molar-refractivity contribution >= 4 is 18.2 Å². The second-order valence-electron chi connectivity index (χ2n) is 6.44. The molecule has 0 aromatic carbocycles. The second-order valence-corrected chi connectivity index (χ2v) is 6.44. The summed E-state index contributed by atoms with van der Waals surface area (Å²) in [6, 6.07) is 0. The van der Waals surface area contributed by atoms with Gasteiger partial charge < -0.3 is 4.74 Å². The highest BCUT2D eigenvalue weighted by Gasteiger charge is 2.24. The molecule has 124 valence electrons. The lowest BCUT2D eigenvalue weighted by molar-refractivity contribution is -0.122. The summed E-state index contributed by atoms with van der Waals surface area (Å²) in [4.78, 5) is 11.4. The first-order valence-corrected chi connectivity index (χ1v) is 8.47. The fourth-order valence-corrected chi connectivity index (χ4v) is 3.12. The van der Waals surface area contributed by atoms with Gasteiger partial charge in [0.2, 0.25) is 0 Å². The highest BCUT2D eigenvalue weighted by atomic mass is 16.5. The Kier molecular flexibility index (Phi) is 5.39. The number of hydrogen-bond acceptors (Lipinski definition) is 4. The number of carbonyl (C=O) groups excluding carboxylic acids is 1. The van der Waals surface area contributed by atoms with Crippen molar-refractivity contribution in [2.24, 2.45) is 22.0 Å². The van der Waals surface area contributed by atoms with Crippen LogP contribution in [0.4, 0.5) is 0 Å². The van der Waals surface area contributed by atoms with E-state index in [9.17, 15) is 4.79 Å². The van der Waals surface area contributed by atoms with E-state index in [0.29, 0.717) is 18.3 Å². The fourth-order valence-electron chi connectivity index (χ4n) is 3.12. The third-order valence-electron chi connectivity index (χ3n) is 4.63. The quantitative estimate of drug-likeness (QED) is 0.720. The molecule has 4 heteroatoms. The Hall–Kier alpha value is -2.45. The third kappa shape index (κ3) is 4.53. The lowest BCUT2D eigenvalue weighted by Gasteiger charge is -2.26. The number of carbonyl (C=O) groups is 1. The van der Waals surface area contributed by atoms with Crippen molar-refractivity contribution in [1.82, 2.24) is 0 Å². The van der Waals surface area contributed by atoms with Gasteiger partial charge in [0.1, 0.15) is 11.5 Å². The normalized spacial score (nSPS) is 25.3. The number of hydrogen-bond donors (Lipinski definition) is 0. The minimum Gasteiger partial charge on any atom is -0.493 e. The monoisotopic (exact) mass is 322 g/mol. The number of allylic oxidation sites excluding steroid dienone is 6. The molecule has 0 amide bonds. The van der Waals surface area contributed by atoms with Crippen LogP contribution in [0.1, 0.15) is 32.6 Å². The summed E-state index contributed by atoms with van der Waals surface area (Å²) in [5, 5.41) is 7.62. The summed E-state index contributed by atoms with van der Waals surface area (Å²) in [5.41, 5.74) is 5.13. The predicted molar refractivity (Wildman–Crippen MR) is 96.0 cm³/mol. The number of ketones is 1.